The minimum Gasteiger partial charge on any atom is -0.352 e. The van der Waals surface area contributed by atoms with Crippen molar-refractivity contribution in [3.63, 3.8) is 0 Å². The zero-order chi connectivity index (χ0) is 14.5. The first-order valence-corrected chi connectivity index (χ1v) is 7.31. The molecule has 3 N–H and O–H groups in total. The van der Waals surface area contributed by atoms with Crippen LogP contribution in [0.2, 0.25) is 0 Å². The first kappa shape index (κ1) is 15.0. The van der Waals surface area contributed by atoms with Crippen molar-refractivity contribution in [3.8, 4) is 0 Å². The molecule has 4 heteroatoms. The van der Waals surface area contributed by atoms with Crippen LogP contribution in [0.25, 0.3) is 0 Å². The monoisotopic (exact) mass is 275 g/mol. The number of nitrogens with zero attached hydrogens (tertiary/aromatic N) is 1. The van der Waals surface area contributed by atoms with Crippen molar-refractivity contribution in [3.05, 3.63) is 35.4 Å². The molecule has 0 aromatic heterocycles. The van der Waals surface area contributed by atoms with Gasteiger partial charge >= 0.3 is 0 Å². The molecule has 0 bridgehead atoms. The number of amides is 1. The first-order valence-electron chi connectivity index (χ1n) is 7.31. The van der Waals surface area contributed by atoms with Gasteiger partial charge in [-0.2, -0.15) is 0 Å². The van der Waals surface area contributed by atoms with Crippen LogP contribution in [0.4, 0.5) is 0 Å². The van der Waals surface area contributed by atoms with E-state index in [1.165, 1.54) is 11.1 Å². The number of rotatable bonds is 5. The van der Waals surface area contributed by atoms with E-state index in [1.54, 1.807) is 0 Å². The first-order chi connectivity index (χ1) is 9.56. The summed E-state index contributed by atoms with van der Waals surface area (Å²) < 4.78 is 0. The molecule has 110 valence electrons. The number of nitrogens with one attached hydrogen (secondary N) is 1. The fourth-order valence-electron chi connectivity index (χ4n) is 2.81. The summed E-state index contributed by atoms with van der Waals surface area (Å²) in [6.07, 6.45) is 2.72. The summed E-state index contributed by atoms with van der Waals surface area (Å²) >= 11 is 0. The van der Waals surface area contributed by atoms with E-state index in [2.05, 4.69) is 36.4 Å². The molecule has 2 unspecified atom stereocenters. The molecule has 1 saturated carbocycles. The molecule has 1 fully saturated rings. The van der Waals surface area contributed by atoms with Gasteiger partial charge in [0.2, 0.25) is 5.91 Å². The van der Waals surface area contributed by atoms with Crippen molar-refractivity contribution in [2.75, 3.05) is 14.1 Å². The van der Waals surface area contributed by atoms with Crippen LogP contribution in [0.5, 0.6) is 0 Å². The molecular weight excluding hydrogens is 250 g/mol. The van der Waals surface area contributed by atoms with Crippen molar-refractivity contribution < 1.29 is 4.79 Å². The molecule has 0 heterocycles. The van der Waals surface area contributed by atoms with Crippen LogP contribution < -0.4 is 11.1 Å². The van der Waals surface area contributed by atoms with E-state index in [9.17, 15) is 4.79 Å². The molecule has 0 radical (unpaired) electrons. The molecule has 1 aromatic carbocycles. The smallest absolute Gasteiger partial charge is 0.223 e. The molecule has 0 saturated heterocycles. The molecule has 0 spiro atoms. The van der Waals surface area contributed by atoms with Gasteiger partial charge in [-0.05, 0) is 44.5 Å². The van der Waals surface area contributed by atoms with Crippen LogP contribution in [0.15, 0.2) is 24.3 Å². The van der Waals surface area contributed by atoms with Crippen LogP contribution in [0, 0.1) is 5.92 Å². The van der Waals surface area contributed by atoms with Gasteiger partial charge in [-0.15, -0.1) is 0 Å². The van der Waals surface area contributed by atoms with E-state index in [-0.39, 0.29) is 17.9 Å². The minimum atomic E-state index is 0.103. The lowest BCUT2D eigenvalue weighted by molar-refractivity contribution is -0.125. The number of benzene rings is 1. The third-order valence-corrected chi connectivity index (χ3v) is 3.90. The summed E-state index contributed by atoms with van der Waals surface area (Å²) in [6.45, 7) is 1.49. The quantitative estimate of drug-likeness (QED) is 0.856. The second-order valence-corrected chi connectivity index (χ2v) is 5.99. The topological polar surface area (TPSA) is 58.4 Å². The van der Waals surface area contributed by atoms with E-state index in [4.69, 9.17) is 5.73 Å². The molecule has 1 amide bonds. The fraction of sp³-hybridized carbons (Fsp3) is 0.562. The van der Waals surface area contributed by atoms with Gasteiger partial charge in [0, 0.05) is 25.0 Å². The van der Waals surface area contributed by atoms with E-state index in [1.807, 2.05) is 12.1 Å². The van der Waals surface area contributed by atoms with Crippen LogP contribution in [-0.4, -0.2) is 30.9 Å². The maximum absolute atomic E-state index is 12.1. The average molecular weight is 275 g/mol. The van der Waals surface area contributed by atoms with Gasteiger partial charge in [-0.3, -0.25) is 4.79 Å². The second-order valence-electron chi connectivity index (χ2n) is 5.99. The molecule has 1 aliphatic rings. The van der Waals surface area contributed by atoms with Gasteiger partial charge in [-0.1, -0.05) is 24.3 Å². The molecule has 0 aliphatic heterocycles. The minimum absolute atomic E-state index is 0.103. The largest absolute Gasteiger partial charge is 0.352 e. The third kappa shape index (κ3) is 4.05. The summed E-state index contributed by atoms with van der Waals surface area (Å²) in [7, 11) is 4.10. The van der Waals surface area contributed by atoms with Gasteiger partial charge in [0.1, 0.15) is 0 Å². The molecule has 1 aromatic rings. The maximum Gasteiger partial charge on any atom is 0.223 e. The average Bonchev–Trinajstić information content (AvgIpc) is 2.83. The van der Waals surface area contributed by atoms with Crippen LogP contribution in [0.1, 0.15) is 30.4 Å². The second kappa shape index (κ2) is 6.86. The van der Waals surface area contributed by atoms with Crippen molar-refractivity contribution in [2.45, 2.75) is 38.4 Å². The summed E-state index contributed by atoms with van der Waals surface area (Å²) in [6, 6.07) is 8.46. The molecule has 2 rings (SSSR count). The molecule has 1 aliphatic carbocycles. The Morgan fingerprint density at radius 3 is 2.60 bits per heavy atom. The highest BCUT2D eigenvalue weighted by atomic mass is 16.1. The van der Waals surface area contributed by atoms with Gasteiger partial charge < -0.3 is 16.0 Å². The van der Waals surface area contributed by atoms with Gasteiger partial charge in [-0.25, -0.2) is 0 Å². The predicted octanol–water partition coefficient (Wildman–Crippen LogP) is 1.49. The fourth-order valence-corrected chi connectivity index (χ4v) is 2.81. The Kier molecular flexibility index (Phi) is 5.15. The van der Waals surface area contributed by atoms with Gasteiger partial charge in [0.25, 0.3) is 0 Å². The standard InChI is InChI=1S/C16H25N3O/c1-19(2)11-14-6-4-3-5-13(14)10-18-16(20)12-7-8-15(17)9-12/h3-6,12,15H,7-11,17H2,1-2H3,(H,18,20). The van der Waals surface area contributed by atoms with E-state index in [0.29, 0.717) is 6.54 Å². The lowest BCUT2D eigenvalue weighted by Crippen LogP contribution is -2.30. The maximum atomic E-state index is 12.1. The SMILES string of the molecule is CN(C)Cc1ccccc1CNC(=O)C1CCC(N)C1. The predicted molar refractivity (Wildman–Crippen MR) is 81.0 cm³/mol. The number of hydrogen-bond acceptors (Lipinski definition) is 3. The highest BCUT2D eigenvalue weighted by Gasteiger charge is 2.27. The van der Waals surface area contributed by atoms with Crippen molar-refractivity contribution in [1.29, 1.82) is 0 Å². The van der Waals surface area contributed by atoms with E-state index >= 15 is 0 Å². The van der Waals surface area contributed by atoms with E-state index < -0.39 is 0 Å². The van der Waals surface area contributed by atoms with Crippen molar-refractivity contribution >= 4 is 5.91 Å². The highest BCUT2D eigenvalue weighted by Crippen LogP contribution is 2.24. The number of hydrogen-bond donors (Lipinski definition) is 2. The normalized spacial score (nSPS) is 22.2. The highest BCUT2D eigenvalue weighted by molar-refractivity contribution is 5.79. The van der Waals surface area contributed by atoms with Crippen LogP contribution in [0.3, 0.4) is 0 Å². The Hall–Kier alpha value is -1.39. The van der Waals surface area contributed by atoms with Gasteiger partial charge in [0.05, 0.1) is 0 Å². The number of carbonyl (C=O) groups is 1. The van der Waals surface area contributed by atoms with Crippen molar-refractivity contribution in [2.24, 2.45) is 11.7 Å². The summed E-state index contributed by atoms with van der Waals surface area (Å²) in [4.78, 5) is 14.3. The molecular formula is C16H25N3O. The van der Waals surface area contributed by atoms with Crippen molar-refractivity contribution in [1.82, 2.24) is 10.2 Å². The summed E-state index contributed by atoms with van der Waals surface area (Å²) in [5.41, 5.74) is 8.32. The Morgan fingerprint density at radius 2 is 2.00 bits per heavy atom. The number of nitrogens with two attached hydrogens (primary N) is 1. The molecule has 4 nitrogen and oxygen atoms in total. The van der Waals surface area contributed by atoms with Gasteiger partial charge in [0.15, 0.2) is 0 Å². The van der Waals surface area contributed by atoms with E-state index in [0.717, 1.165) is 25.8 Å². The lowest BCUT2D eigenvalue weighted by atomic mass is 10.1. The Morgan fingerprint density at radius 1 is 1.30 bits per heavy atom. The summed E-state index contributed by atoms with van der Waals surface area (Å²) in [5, 5.41) is 3.06. The Balaban J connectivity index is 1.92. The molecule has 2 atom stereocenters. The zero-order valence-corrected chi connectivity index (χ0v) is 12.4. The third-order valence-electron chi connectivity index (χ3n) is 3.90. The number of carbonyl (C=O) groups excluding carboxylic acids is 1. The Labute approximate surface area is 121 Å². The Bertz CT molecular complexity index is 459. The summed E-state index contributed by atoms with van der Waals surface area (Å²) in [5.74, 6) is 0.253. The molecule has 20 heavy (non-hydrogen) atoms. The zero-order valence-electron chi connectivity index (χ0n) is 12.4. The lowest BCUT2D eigenvalue weighted by Gasteiger charge is -2.16. The van der Waals surface area contributed by atoms with Crippen LogP contribution >= 0.6 is 0 Å². The van der Waals surface area contributed by atoms with Crippen LogP contribution in [-0.2, 0) is 17.9 Å².